The number of H-pyrrole nitrogens is 1. The summed E-state index contributed by atoms with van der Waals surface area (Å²) in [6.45, 7) is 5.43. The topological polar surface area (TPSA) is 49.9 Å². The Kier molecular flexibility index (Phi) is 4.23. The molecule has 0 fully saturated rings. The number of thiazole rings is 1. The molecule has 5 heteroatoms. The lowest BCUT2D eigenvalue weighted by Gasteiger charge is -2.12. The summed E-state index contributed by atoms with van der Waals surface area (Å²) in [5, 5.41) is 0. The lowest BCUT2D eigenvalue weighted by atomic mass is 9.91. The molecule has 1 aromatic heterocycles. The molecule has 0 amide bonds. The maximum absolute atomic E-state index is 13.6. The summed E-state index contributed by atoms with van der Waals surface area (Å²) in [6.07, 6.45) is 2.91. The maximum atomic E-state index is 13.6. The molecule has 0 spiro atoms. The lowest BCUT2D eigenvalue weighted by molar-refractivity contribution is -0.119. The van der Waals surface area contributed by atoms with Gasteiger partial charge in [-0.3, -0.25) is 9.59 Å². The van der Waals surface area contributed by atoms with Crippen LogP contribution in [0.5, 0.6) is 0 Å². The smallest absolute Gasteiger partial charge is 0.266 e. The molecule has 3 nitrogen and oxygen atoms in total. The number of aromatic nitrogens is 1. The second kappa shape index (κ2) is 5.77. The molecule has 0 aliphatic heterocycles. The van der Waals surface area contributed by atoms with Gasteiger partial charge in [-0.15, -0.1) is 11.3 Å². The normalized spacial score (nSPS) is 13.7. The Bertz CT molecular complexity index is 840. The van der Waals surface area contributed by atoms with Gasteiger partial charge in [0.15, 0.2) is 5.78 Å². The molecule has 110 valence electrons. The SMILES string of the molecule is CC(C)(C)C(=O)C=c1[nH]c(=O)c(=Cc2ccccc2F)s1. The first-order valence-corrected chi connectivity index (χ1v) is 7.30. The van der Waals surface area contributed by atoms with Gasteiger partial charge in [-0.1, -0.05) is 39.0 Å². The second-order valence-corrected chi connectivity index (χ2v) is 6.79. The van der Waals surface area contributed by atoms with Gasteiger partial charge >= 0.3 is 0 Å². The van der Waals surface area contributed by atoms with Crippen LogP contribution in [-0.4, -0.2) is 10.8 Å². The van der Waals surface area contributed by atoms with Crippen LogP contribution >= 0.6 is 11.3 Å². The van der Waals surface area contributed by atoms with Gasteiger partial charge in [0, 0.05) is 17.1 Å². The highest BCUT2D eigenvalue weighted by Crippen LogP contribution is 2.14. The summed E-state index contributed by atoms with van der Waals surface area (Å²) >= 11 is 1.14. The predicted octanol–water partition coefficient (Wildman–Crippen LogP) is 1.80. The van der Waals surface area contributed by atoms with Crippen LogP contribution in [0.3, 0.4) is 0 Å². The van der Waals surface area contributed by atoms with Gasteiger partial charge in [-0.25, -0.2) is 4.39 Å². The van der Waals surface area contributed by atoms with E-state index in [0.717, 1.165) is 11.3 Å². The van der Waals surface area contributed by atoms with Crippen molar-refractivity contribution in [1.29, 1.82) is 0 Å². The average molecular weight is 305 g/mol. The molecule has 0 aliphatic rings. The minimum atomic E-state index is -0.504. The number of aromatic amines is 1. The van der Waals surface area contributed by atoms with Crippen LogP contribution in [0.25, 0.3) is 12.2 Å². The van der Waals surface area contributed by atoms with E-state index in [0.29, 0.717) is 14.8 Å². The van der Waals surface area contributed by atoms with E-state index in [-0.39, 0.29) is 17.2 Å². The van der Waals surface area contributed by atoms with E-state index in [1.165, 1.54) is 18.2 Å². The maximum Gasteiger partial charge on any atom is 0.266 e. The number of Topliss-reactive ketones (excluding diaryl/α,β-unsaturated/α-hetero) is 1. The summed E-state index contributed by atoms with van der Waals surface area (Å²) in [7, 11) is 0. The molecule has 1 heterocycles. The quantitative estimate of drug-likeness (QED) is 0.920. The highest BCUT2D eigenvalue weighted by atomic mass is 32.1. The number of hydrogen-bond acceptors (Lipinski definition) is 3. The number of carbonyl (C=O) groups excluding carboxylic acids is 1. The van der Waals surface area contributed by atoms with E-state index in [4.69, 9.17) is 0 Å². The molecule has 0 saturated heterocycles. The summed E-state index contributed by atoms with van der Waals surface area (Å²) < 4.78 is 14.4. The van der Waals surface area contributed by atoms with E-state index in [1.54, 1.807) is 18.2 Å². The summed E-state index contributed by atoms with van der Waals surface area (Å²) in [5.74, 6) is -0.459. The Hall–Kier alpha value is -2.01. The number of carbonyl (C=O) groups is 1. The minimum absolute atomic E-state index is 0.0718. The van der Waals surface area contributed by atoms with Crippen molar-refractivity contribution < 1.29 is 9.18 Å². The van der Waals surface area contributed by atoms with Crippen LogP contribution in [0.2, 0.25) is 0 Å². The third-order valence-electron chi connectivity index (χ3n) is 2.87. The number of benzene rings is 1. The summed E-state index contributed by atoms with van der Waals surface area (Å²) in [5.41, 5.74) is -0.481. The Balaban J connectivity index is 2.51. The average Bonchev–Trinajstić information content (AvgIpc) is 2.71. The van der Waals surface area contributed by atoms with Crippen molar-refractivity contribution in [3.63, 3.8) is 0 Å². The number of hydrogen-bond donors (Lipinski definition) is 1. The van der Waals surface area contributed by atoms with Gasteiger partial charge in [-0.2, -0.15) is 0 Å². The Labute approximate surface area is 125 Å². The van der Waals surface area contributed by atoms with Gasteiger partial charge in [0.1, 0.15) is 5.82 Å². The minimum Gasteiger partial charge on any atom is -0.313 e. The van der Waals surface area contributed by atoms with Crippen molar-refractivity contribution in [2.24, 2.45) is 5.41 Å². The fourth-order valence-electron chi connectivity index (χ4n) is 1.59. The first-order chi connectivity index (χ1) is 9.77. The standard InChI is InChI=1S/C16H16FNO2S/c1-16(2,3)13(19)9-14-18-15(20)12(21-14)8-10-6-4-5-7-11(10)17/h4-9H,1-3H3,(H,18,20). The summed E-state index contributed by atoms with van der Waals surface area (Å²) in [4.78, 5) is 26.4. The van der Waals surface area contributed by atoms with E-state index >= 15 is 0 Å². The highest BCUT2D eigenvalue weighted by molar-refractivity contribution is 7.07. The second-order valence-electron chi connectivity index (χ2n) is 5.71. The zero-order chi connectivity index (χ0) is 15.6. The first kappa shape index (κ1) is 15.4. The fraction of sp³-hybridized carbons (Fsp3) is 0.250. The Morgan fingerprint density at radius 3 is 2.57 bits per heavy atom. The predicted molar refractivity (Wildman–Crippen MR) is 83.1 cm³/mol. The number of rotatable bonds is 2. The largest absolute Gasteiger partial charge is 0.313 e. The zero-order valence-corrected chi connectivity index (χ0v) is 12.9. The van der Waals surface area contributed by atoms with Crippen LogP contribution in [0.4, 0.5) is 4.39 Å². The molecule has 0 saturated carbocycles. The molecular weight excluding hydrogens is 289 g/mol. The van der Waals surface area contributed by atoms with Crippen LogP contribution in [-0.2, 0) is 4.79 Å². The Morgan fingerprint density at radius 1 is 1.29 bits per heavy atom. The monoisotopic (exact) mass is 305 g/mol. The molecule has 0 bridgehead atoms. The molecule has 0 unspecified atom stereocenters. The van der Waals surface area contributed by atoms with Crippen LogP contribution in [0.1, 0.15) is 26.3 Å². The van der Waals surface area contributed by atoms with Gasteiger partial charge < -0.3 is 4.98 Å². The third kappa shape index (κ3) is 3.76. The van der Waals surface area contributed by atoms with Crippen LogP contribution < -0.4 is 14.8 Å². The number of ketones is 1. The molecule has 21 heavy (non-hydrogen) atoms. The zero-order valence-electron chi connectivity index (χ0n) is 12.1. The van der Waals surface area contributed by atoms with Gasteiger partial charge in [-0.05, 0) is 12.1 Å². The summed E-state index contributed by atoms with van der Waals surface area (Å²) in [6, 6.07) is 6.22. The third-order valence-corrected chi connectivity index (χ3v) is 3.84. The van der Waals surface area contributed by atoms with Crippen molar-refractivity contribution in [2.75, 3.05) is 0 Å². The first-order valence-electron chi connectivity index (χ1n) is 6.49. The molecule has 1 N–H and O–H groups in total. The molecule has 2 rings (SSSR count). The van der Waals surface area contributed by atoms with Crippen molar-refractivity contribution in [3.05, 3.63) is 55.2 Å². The van der Waals surface area contributed by atoms with E-state index in [9.17, 15) is 14.0 Å². The van der Waals surface area contributed by atoms with E-state index in [1.807, 2.05) is 20.8 Å². The molecular formula is C16H16FNO2S. The highest BCUT2D eigenvalue weighted by Gasteiger charge is 2.18. The molecule has 0 aliphatic carbocycles. The molecule has 1 aromatic carbocycles. The molecule has 2 aromatic rings. The number of nitrogens with one attached hydrogen (secondary N) is 1. The molecule has 0 radical (unpaired) electrons. The fourth-order valence-corrected chi connectivity index (χ4v) is 2.47. The van der Waals surface area contributed by atoms with Gasteiger partial charge in [0.05, 0.1) is 9.20 Å². The van der Waals surface area contributed by atoms with Gasteiger partial charge in [0.2, 0.25) is 0 Å². The molecule has 0 atom stereocenters. The Morgan fingerprint density at radius 2 is 1.95 bits per heavy atom. The van der Waals surface area contributed by atoms with E-state index in [2.05, 4.69) is 4.98 Å². The van der Waals surface area contributed by atoms with Crippen molar-refractivity contribution in [3.8, 4) is 0 Å². The lowest BCUT2D eigenvalue weighted by Crippen LogP contribution is -2.22. The van der Waals surface area contributed by atoms with Crippen molar-refractivity contribution in [1.82, 2.24) is 4.98 Å². The van der Waals surface area contributed by atoms with Crippen molar-refractivity contribution >= 4 is 29.3 Å². The van der Waals surface area contributed by atoms with Gasteiger partial charge in [0.25, 0.3) is 5.56 Å². The van der Waals surface area contributed by atoms with Crippen LogP contribution in [0, 0.1) is 11.2 Å². The van der Waals surface area contributed by atoms with E-state index < -0.39 is 5.41 Å². The number of halogens is 1. The van der Waals surface area contributed by atoms with Crippen molar-refractivity contribution in [2.45, 2.75) is 20.8 Å². The van der Waals surface area contributed by atoms with Crippen LogP contribution in [0.15, 0.2) is 29.1 Å².